The minimum Gasteiger partial charge on any atom is -0.352 e. The van der Waals surface area contributed by atoms with Crippen molar-refractivity contribution >= 4 is 17.6 Å². The number of hydrogen-bond donors (Lipinski definition) is 2. The average Bonchev–Trinajstić information content (AvgIpc) is 3.74. The number of halogens is 2. The lowest BCUT2D eigenvalue weighted by Gasteiger charge is -2.18. The van der Waals surface area contributed by atoms with E-state index in [0.29, 0.717) is 52.3 Å². The molecule has 4 aromatic rings. The first-order valence-electron chi connectivity index (χ1n) is 12.7. The number of fused-ring (bicyclic) bond motifs is 1. The van der Waals surface area contributed by atoms with Crippen LogP contribution in [-0.2, 0) is 17.8 Å². The lowest BCUT2D eigenvalue weighted by molar-refractivity contribution is -0.117. The van der Waals surface area contributed by atoms with E-state index in [1.165, 1.54) is 24.3 Å². The first-order valence-corrected chi connectivity index (χ1v) is 12.7. The zero-order valence-corrected chi connectivity index (χ0v) is 20.8. The molecule has 2 aromatic heterocycles. The summed E-state index contributed by atoms with van der Waals surface area (Å²) in [6.45, 7) is 0.618. The molecular formula is C30H23F2N5O2. The van der Waals surface area contributed by atoms with Gasteiger partial charge >= 0.3 is 0 Å². The highest BCUT2D eigenvalue weighted by molar-refractivity contribution is 6.07. The Kier molecular flexibility index (Phi) is 6.15. The SMILES string of the molecule is N#Cc1cc(F)ccc1Cn1c2c(c(-c3ccc(F)cc3)c1-c1ccnc(NC(=O)C3CC3)c1)C(=O)NCC2. The molecule has 1 aliphatic heterocycles. The molecule has 0 saturated heterocycles. The van der Waals surface area contributed by atoms with Crippen molar-refractivity contribution in [1.29, 1.82) is 5.26 Å². The Balaban J connectivity index is 1.59. The van der Waals surface area contributed by atoms with Gasteiger partial charge in [0, 0.05) is 48.4 Å². The zero-order chi connectivity index (χ0) is 27.1. The Morgan fingerprint density at radius 3 is 2.56 bits per heavy atom. The summed E-state index contributed by atoms with van der Waals surface area (Å²) in [5, 5.41) is 15.5. The fraction of sp³-hybridized carbons (Fsp3) is 0.200. The maximum absolute atomic E-state index is 13.9. The molecule has 9 heteroatoms. The average molecular weight is 524 g/mol. The van der Waals surface area contributed by atoms with Crippen molar-refractivity contribution in [2.75, 3.05) is 11.9 Å². The normalized spacial score (nSPS) is 14.3. The zero-order valence-electron chi connectivity index (χ0n) is 20.8. The number of nitrogens with one attached hydrogen (secondary N) is 2. The van der Waals surface area contributed by atoms with Crippen molar-refractivity contribution in [1.82, 2.24) is 14.9 Å². The van der Waals surface area contributed by atoms with Crippen molar-refractivity contribution in [3.63, 3.8) is 0 Å². The van der Waals surface area contributed by atoms with Crippen LogP contribution in [0.4, 0.5) is 14.6 Å². The van der Waals surface area contributed by atoms with Gasteiger partial charge in [-0.3, -0.25) is 9.59 Å². The highest BCUT2D eigenvalue weighted by Gasteiger charge is 2.32. The minimum absolute atomic E-state index is 0.00650. The number of aromatic nitrogens is 2. The molecule has 6 rings (SSSR count). The second-order valence-corrected chi connectivity index (χ2v) is 9.75. The number of nitriles is 1. The lowest BCUT2D eigenvalue weighted by Crippen LogP contribution is -2.32. The second-order valence-electron chi connectivity index (χ2n) is 9.75. The second kappa shape index (κ2) is 9.80. The van der Waals surface area contributed by atoms with Gasteiger partial charge in [0.15, 0.2) is 0 Å². The van der Waals surface area contributed by atoms with Crippen molar-refractivity contribution in [2.45, 2.75) is 25.8 Å². The van der Waals surface area contributed by atoms with Gasteiger partial charge in [-0.2, -0.15) is 5.26 Å². The van der Waals surface area contributed by atoms with Crippen LogP contribution in [0, 0.1) is 28.9 Å². The summed E-state index contributed by atoms with van der Waals surface area (Å²) in [6.07, 6.45) is 3.81. The van der Waals surface area contributed by atoms with Crippen molar-refractivity contribution in [3.05, 3.63) is 94.8 Å². The van der Waals surface area contributed by atoms with E-state index in [-0.39, 0.29) is 29.8 Å². The van der Waals surface area contributed by atoms with Crippen LogP contribution >= 0.6 is 0 Å². The van der Waals surface area contributed by atoms with E-state index in [0.717, 1.165) is 18.5 Å². The molecule has 1 saturated carbocycles. The molecule has 7 nitrogen and oxygen atoms in total. The van der Waals surface area contributed by atoms with E-state index in [9.17, 15) is 23.6 Å². The molecule has 0 radical (unpaired) electrons. The number of amides is 2. The molecular weight excluding hydrogens is 500 g/mol. The highest BCUT2D eigenvalue weighted by atomic mass is 19.1. The van der Waals surface area contributed by atoms with Crippen molar-refractivity contribution in [3.8, 4) is 28.5 Å². The number of benzene rings is 2. The van der Waals surface area contributed by atoms with Crippen molar-refractivity contribution < 1.29 is 18.4 Å². The fourth-order valence-electron chi connectivity index (χ4n) is 5.11. The molecule has 1 fully saturated rings. The van der Waals surface area contributed by atoms with E-state index in [4.69, 9.17) is 0 Å². The topological polar surface area (TPSA) is 99.8 Å². The Bertz CT molecular complexity index is 1670. The summed E-state index contributed by atoms with van der Waals surface area (Å²) in [6, 6.07) is 15.6. The minimum atomic E-state index is -0.512. The van der Waals surface area contributed by atoms with E-state index in [1.807, 2.05) is 4.57 Å². The molecule has 39 heavy (non-hydrogen) atoms. The fourth-order valence-corrected chi connectivity index (χ4v) is 5.11. The number of nitrogens with zero attached hydrogens (tertiary/aromatic N) is 3. The van der Waals surface area contributed by atoms with E-state index in [2.05, 4.69) is 21.7 Å². The Labute approximate surface area is 223 Å². The third-order valence-electron chi connectivity index (χ3n) is 7.13. The number of carbonyl (C=O) groups is 2. The number of pyridine rings is 1. The molecule has 0 spiro atoms. The first-order chi connectivity index (χ1) is 18.9. The summed E-state index contributed by atoms with van der Waals surface area (Å²) in [5.74, 6) is -0.889. The summed E-state index contributed by atoms with van der Waals surface area (Å²) >= 11 is 0. The van der Waals surface area contributed by atoms with Crippen molar-refractivity contribution in [2.24, 2.45) is 5.92 Å². The first kappa shape index (κ1) is 24.5. The van der Waals surface area contributed by atoms with Gasteiger partial charge in [-0.15, -0.1) is 0 Å². The molecule has 1 aliphatic carbocycles. The van der Waals surface area contributed by atoms with Crippen LogP contribution in [0.25, 0.3) is 22.4 Å². The molecule has 194 valence electrons. The number of rotatable bonds is 6. The van der Waals surface area contributed by atoms with Crippen LogP contribution in [-0.4, -0.2) is 27.9 Å². The van der Waals surface area contributed by atoms with E-state index < -0.39 is 11.6 Å². The molecule has 0 atom stereocenters. The van der Waals surface area contributed by atoms with Gasteiger partial charge in [0.1, 0.15) is 17.5 Å². The summed E-state index contributed by atoms with van der Waals surface area (Å²) in [7, 11) is 0. The van der Waals surface area contributed by atoms with Crippen LogP contribution in [0.15, 0.2) is 60.8 Å². The van der Waals surface area contributed by atoms with Crippen LogP contribution in [0.1, 0.15) is 40.0 Å². The molecule has 0 bridgehead atoms. The predicted octanol–water partition coefficient (Wildman–Crippen LogP) is 5.05. The maximum Gasteiger partial charge on any atom is 0.253 e. The highest BCUT2D eigenvalue weighted by Crippen LogP contribution is 2.42. The van der Waals surface area contributed by atoms with Gasteiger partial charge in [-0.05, 0) is 60.4 Å². The van der Waals surface area contributed by atoms with Gasteiger partial charge in [0.2, 0.25) is 5.91 Å². The number of anilines is 1. The van der Waals surface area contributed by atoms with Gasteiger partial charge in [0.05, 0.1) is 22.9 Å². The Morgan fingerprint density at radius 1 is 1.05 bits per heavy atom. The standard InChI is InChI=1S/C30H23F2N5O2/c31-22-6-3-17(4-7-22)26-27-24(10-12-35-30(27)39)37(16-20-5-8-23(32)13-21(20)15-33)28(26)19-9-11-34-25(14-19)36-29(38)18-1-2-18/h3-9,11,13-14,18H,1-2,10,12,16H2,(H,35,39)(H,34,36,38). The molecule has 0 unspecified atom stereocenters. The van der Waals surface area contributed by atoms with Crippen LogP contribution in [0.3, 0.4) is 0 Å². The summed E-state index contributed by atoms with van der Waals surface area (Å²) in [4.78, 5) is 30.1. The molecule has 2 amide bonds. The Morgan fingerprint density at radius 2 is 1.82 bits per heavy atom. The number of hydrogen-bond acceptors (Lipinski definition) is 4. The van der Waals surface area contributed by atoms with Crippen LogP contribution in [0.2, 0.25) is 0 Å². The largest absolute Gasteiger partial charge is 0.352 e. The van der Waals surface area contributed by atoms with Crippen LogP contribution in [0.5, 0.6) is 0 Å². The van der Waals surface area contributed by atoms with Gasteiger partial charge < -0.3 is 15.2 Å². The van der Waals surface area contributed by atoms with E-state index >= 15 is 0 Å². The quantitative estimate of drug-likeness (QED) is 0.369. The maximum atomic E-state index is 13.9. The number of carbonyl (C=O) groups excluding carboxylic acids is 2. The molecule has 2 aromatic carbocycles. The molecule has 3 heterocycles. The summed E-state index contributed by atoms with van der Waals surface area (Å²) in [5.41, 5.74) is 4.57. The predicted molar refractivity (Wildman–Crippen MR) is 141 cm³/mol. The molecule has 2 aliphatic rings. The Hall–Kier alpha value is -4.84. The van der Waals surface area contributed by atoms with E-state index in [1.54, 1.807) is 36.5 Å². The van der Waals surface area contributed by atoms with Gasteiger partial charge in [-0.1, -0.05) is 18.2 Å². The lowest BCUT2D eigenvalue weighted by atomic mass is 9.95. The molecule has 2 N–H and O–H groups in total. The summed E-state index contributed by atoms with van der Waals surface area (Å²) < 4.78 is 29.8. The van der Waals surface area contributed by atoms with Gasteiger partial charge in [0.25, 0.3) is 5.91 Å². The monoisotopic (exact) mass is 523 g/mol. The van der Waals surface area contributed by atoms with Crippen LogP contribution < -0.4 is 10.6 Å². The smallest absolute Gasteiger partial charge is 0.253 e. The third-order valence-corrected chi connectivity index (χ3v) is 7.13. The van der Waals surface area contributed by atoms with Gasteiger partial charge in [-0.25, -0.2) is 13.8 Å². The third kappa shape index (κ3) is 4.66.